The number of aryl methyl sites for hydroxylation is 2. The first-order valence-electron chi connectivity index (χ1n) is 11.1. The van der Waals surface area contributed by atoms with Crippen LogP contribution in [0.2, 0.25) is 0 Å². The van der Waals surface area contributed by atoms with Gasteiger partial charge in [0.05, 0.1) is 23.4 Å². The molecule has 0 bridgehead atoms. The molecule has 4 rings (SSSR count). The zero-order valence-corrected chi connectivity index (χ0v) is 17.8. The summed E-state index contributed by atoms with van der Waals surface area (Å²) >= 11 is 0. The summed E-state index contributed by atoms with van der Waals surface area (Å²) in [5, 5.41) is 7.20. The number of piperidine rings is 1. The number of aromatic nitrogens is 2. The number of benzene rings is 1. The van der Waals surface area contributed by atoms with E-state index in [0.717, 1.165) is 62.4 Å². The molecule has 0 radical (unpaired) electrons. The topological polar surface area (TPSA) is 67.2 Å². The van der Waals surface area contributed by atoms with Gasteiger partial charge in [0.25, 0.3) is 11.5 Å². The molecule has 1 saturated heterocycles. The summed E-state index contributed by atoms with van der Waals surface area (Å²) in [5.74, 6) is -0.722. The van der Waals surface area contributed by atoms with E-state index in [4.69, 9.17) is 0 Å². The maximum absolute atomic E-state index is 13.2. The Kier molecular flexibility index (Phi) is 6.64. The molecule has 2 aliphatic rings. The van der Waals surface area contributed by atoms with Crippen LogP contribution in [0.3, 0.4) is 0 Å². The summed E-state index contributed by atoms with van der Waals surface area (Å²) in [6.45, 7) is 2.13. The molecule has 172 valence electrons. The number of fused-ring (bicyclic) bond motifs is 1. The van der Waals surface area contributed by atoms with Crippen molar-refractivity contribution in [2.24, 2.45) is 0 Å². The molecule has 1 aromatic carbocycles. The van der Waals surface area contributed by atoms with Crippen LogP contribution >= 0.6 is 0 Å². The highest BCUT2D eigenvalue weighted by atomic mass is 19.4. The molecular formula is C23H27F3N4O2. The summed E-state index contributed by atoms with van der Waals surface area (Å²) in [4.78, 5) is 27.1. The van der Waals surface area contributed by atoms with Crippen LogP contribution in [0, 0.1) is 0 Å². The maximum Gasteiger partial charge on any atom is 0.417 e. The molecule has 6 nitrogen and oxygen atoms in total. The summed E-state index contributed by atoms with van der Waals surface area (Å²) in [7, 11) is 0. The minimum atomic E-state index is -4.58. The second-order valence-corrected chi connectivity index (χ2v) is 8.47. The quantitative estimate of drug-likeness (QED) is 0.738. The van der Waals surface area contributed by atoms with Crippen LogP contribution in [0.1, 0.15) is 52.9 Å². The SMILES string of the molecule is O=C(NCC1CCCCN1CCn1nc2c(cc1=O)CCC2)c1ccccc1C(F)(F)F. The average Bonchev–Trinajstić information content (AvgIpc) is 3.23. The molecule has 1 aliphatic carbocycles. The van der Waals surface area contributed by atoms with Gasteiger partial charge in [-0.25, -0.2) is 4.68 Å². The lowest BCUT2D eigenvalue weighted by Crippen LogP contribution is -2.48. The normalized spacial score (nSPS) is 19.0. The van der Waals surface area contributed by atoms with E-state index in [1.54, 1.807) is 6.07 Å². The molecule has 1 atom stereocenters. The number of hydrogen-bond donors (Lipinski definition) is 1. The highest BCUT2D eigenvalue weighted by molar-refractivity contribution is 5.95. The number of nitrogens with zero attached hydrogens (tertiary/aromatic N) is 3. The van der Waals surface area contributed by atoms with Crippen molar-refractivity contribution in [3.63, 3.8) is 0 Å². The zero-order valence-electron chi connectivity index (χ0n) is 17.8. The molecule has 32 heavy (non-hydrogen) atoms. The number of carbonyl (C=O) groups is 1. The van der Waals surface area contributed by atoms with Gasteiger partial charge in [-0.05, 0) is 56.3 Å². The predicted molar refractivity (Wildman–Crippen MR) is 114 cm³/mol. The fourth-order valence-electron chi connectivity index (χ4n) is 4.64. The van der Waals surface area contributed by atoms with E-state index in [-0.39, 0.29) is 23.7 Å². The van der Waals surface area contributed by atoms with Gasteiger partial charge in [-0.15, -0.1) is 0 Å². The summed E-state index contributed by atoms with van der Waals surface area (Å²) in [5.41, 5.74) is 0.645. The first-order valence-corrected chi connectivity index (χ1v) is 11.1. The third-order valence-corrected chi connectivity index (χ3v) is 6.35. The van der Waals surface area contributed by atoms with Crippen molar-refractivity contribution in [3.8, 4) is 0 Å². The molecule has 0 spiro atoms. The molecule has 1 aliphatic heterocycles. The fourth-order valence-corrected chi connectivity index (χ4v) is 4.64. The Morgan fingerprint density at radius 1 is 1.12 bits per heavy atom. The molecule has 2 aromatic rings. The van der Waals surface area contributed by atoms with Crippen molar-refractivity contribution in [1.82, 2.24) is 20.0 Å². The van der Waals surface area contributed by atoms with Crippen molar-refractivity contribution in [2.45, 2.75) is 57.3 Å². The maximum atomic E-state index is 13.2. The van der Waals surface area contributed by atoms with Crippen molar-refractivity contribution in [2.75, 3.05) is 19.6 Å². The Morgan fingerprint density at radius 3 is 2.75 bits per heavy atom. The van der Waals surface area contributed by atoms with Gasteiger partial charge in [0.2, 0.25) is 0 Å². The summed E-state index contributed by atoms with van der Waals surface area (Å²) in [6.07, 6.45) is 1.09. The van der Waals surface area contributed by atoms with E-state index in [9.17, 15) is 22.8 Å². The lowest BCUT2D eigenvalue weighted by atomic mass is 10.0. The molecule has 1 aromatic heterocycles. The smallest absolute Gasteiger partial charge is 0.350 e. The monoisotopic (exact) mass is 448 g/mol. The number of alkyl halides is 3. The minimum absolute atomic E-state index is 0.0101. The second-order valence-electron chi connectivity index (χ2n) is 8.47. The van der Waals surface area contributed by atoms with Gasteiger partial charge in [0.1, 0.15) is 0 Å². The van der Waals surface area contributed by atoms with Crippen LogP contribution in [0.25, 0.3) is 0 Å². The van der Waals surface area contributed by atoms with Gasteiger partial charge in [-0.2, -0.15) is 18.3 Å². The fraction of sp³-hybridized carbons (Fsp3) is 0.522. The molecule has 0 saturated carbocycles. The number of halogens is 3. The van der Waals surface area contributed by atoms with Crippen LogP contribution in [0.5, 0.6) is 0 Å². The van der Waals surface area contributed by atoms with Gasteiger partial charge in [-0.1, -0.05) is 18.6 Å². The molecule has 1 amide bonds. The van der Waals surface area contributed by atoms with E-state index in [1.807, 2.05) is 0 Å². The first kappa shape index (κ1) is 22.5. The second kappa shape index (κ2) is 9.44. The molecule has 1 unspecified atom stereocenters. The first-order chi connectivity index (χ1) is 15.3. The standard InChI is InChI=1S/C23H27F3N4O2/c24-23(25,26)19-9-2-1-8-18(19)22(32)27-15-17-7-3-4-11-29(17)12-13-30-21(31)14-16-6-5-10-20(16)28-30/h1-2,8-9,14,17H,3-7,10-13,15H2,(H,27,32). The van der Waals surface area contributed by atoms with Crippen LogP contribution < -0.4 is 10.9 Å². The van der Waals surface area contributed by atoms with Crippen LogP contribution in [0.4, 0.5) is 13.2 Å². The van der Waals surface area contributed by atoms with E-state index >= 15 is 0 Å². The Labute approximate surface area is 184 Å². The Balaban J connectivity index is 1.38. The molecule has 9 heteroatoms. The number of hydrogen-bond acceptors (Lipinski definition) is 4. The van der Waals surface area contributed by atoms with Gasteiger partial charge in [0.15, 0.2) is 0 Å². The number of carbonyl (C=O) groups excluding carboxylic acids is 1. The van der Waals surface area contributed by atoms with Crippen LogP contribution in [-0.2, 0) is 25.6 Å². The van der Waals surface area contributed by atoms with Crippen molar-refractivity contribution < 1.29 is 18.0 Å². The van der Waals surface area contributed by atoms with E-state index in [0.29, 0.717) is 13.1 Å². The molecule has 1 N–H and O–H groups in total. The highest BCUT2D eigenvalue weighted by Gasteiger charge is 2.35. The predicted octanol–water partition coefficient (Wildman–Crippen LogP) is 3.04. The Hall–Kier alpha value is -2.68. The summed E-state index contributed by atoms with van der Waals surface area (Å²) in [6, 6.07) is 6.51. The van der Waals surface area contributed by atoms with Crippen LogP contribution in [-0.4, -0.2) is 46.3 Å². The molecular weight excluding hydrogens is 421 g/mol. The molecule has 1 fully saturated rings. The lowest BCUT2D eigenvalue weighted by Gasteiger charge is -2.35. The van der Waals surface area contributed by atoms with Gasteiger partial charge in [-0.3, -0.25) is 14.5 Å². The van der Waals surface area contributed by atoms with Gasteiger partial charge < -0.3 is 5.32 Å². The van der Waals surface area contributed by atoms with Gasteiger partial charge in [0, 0.05) is 25.2 Å². The van der Waals surface area contributed by atoms with E-state index in [1.165, 1.54) is 22.9 Å². The minimum Gasteiger partial charge on any atom is -0.350 e. The largest absolute Gasteiger partial charge is 0.417 e. The number of rotatable bonds is 6. The van der Waals surface area contributed by atoms with Crippen molar-refractivity contribution in [1.29, 1.82) is 0 Å². The third kappa shape index (κ3) is 5.03. The Morgan fingerprint density at radius 2 is 1.94 bits per heavy atom. The van der Waals surface area contributed by atoms with E-state index < -0.39 is 17.6 Å². The Bertz CT molecular complexity index is 1030. The van der Waals surface area contributed by atoms with Crippen LogP contribution in [0.15, 0.2) is 35.1 Å². The zero-order chi connectivity index (χ0) is 22.7. The summed E-state index contributed by atoms with van der Waals surface area (Å²) < 4.78 is 41.2. The number of nitrogens with one attached hydrogen (secondary N) is 1. The third-order valence-electron chi connectivity index (χ3n) is 6.35. The van der Waals surface area contributed by atoms with E-state index in [2.05, 4.69) is 15.3 Å². The molecule has 2 heterocycles. The lowest BCUT2D eigenvalue weighted by molar-refractivity contribution is -0.137. The average molecular weight is 448 g/mol. The van der Waals surface area contributed by atoms with Crippen molar-refractivity contribution in [3.05, 3.63) is 63.1 Å². The number of amides is 1. The van der Waals surface area contributed by atoms with Crippen molar-refractivity contribution >= 4 is 5.91 Å². The van der Waals surface area contributed by atoms with Gasteiger partial charge >= 0.3 is 6.18 Å². The number of likely N-dealkylation sites (tertiary alicyclic amines) is 1. The highest BCUT2D eigenvalue weighted by Crippen LogP contribution is 2.31.